The average molecular weight is 417 g/mol. The highest BCUT2D eigenvalue weighted by Gasteiger charge is 2.20. The van der Waals surface area contributed by atoms with Gasteiger partial charge in [0.1, 0.15) is 18.2 Å². The van der Waals surface area contributed by atoms with Crippen LogP contribution in [0.5, 0.6) is 5.75 Å². The first-order chi connectivity index (χ1) is 13.9. The quantitative estimate of drug-likeness (QED) is 0.487. The zero-order chi connectivity index (χ0) is 21.0. The summed E-state index contributed by atoms with van der Waals surface area (Å²) >= 11 is 6.21. The summed E-state index contributed by atoms with van der Waals surface area (Å²) in [4.78, 5) is 12.0. The number of aryl methyl sites for hydroxylation is 1. The molecule has 0 N–H and O–H groups in total. The summed E-state index contributed by atoms with van der Waals surface area (Å²) in [5.41, 5.74) is 2.27. The topological polar surface area (TPSA) is 53.4 Å². The number of carbonyl (C=O) groups is 1. The van der Waals surface area contributed by atoms with Crippen molar-refractivity contribution in [1.82, 2.24) is 9.78 Å². The molecule has 0 aliphatic heterocycles. The molecule has 0 aliphatic rings. The lowest BCUT2D eigenvalue weighted by molar-refractivity contribution is 0.0518. The van der Waals surface area contributed by atoms with E-state index in [1.165, 1.54) is 6.07 Å². The molecule has 2 aromatic carbocycles. The predicted molar refractivity (Wildman–Crippen MR) is 109 cm³/mol. The lowest BCUT2D eigenvalue weighted by Gasteiger charge is -2.19. The molecule has 1 aromatic heterocycles. The van der Waals surface area contributed by atoms with Gasteiger partial charge in [0.2, 0.25) is 0 Å². The molecule has 0 amide bonds. The van der Waals surface area contributed by atoms with Crippen LogP contribution >= 0.6 is 11.6 Å². The van der Waals surface area contributed by atoms with Crippen molar-refractivity contribution >= 4 is 17.6 Å². The number of esters is 1. The van der Waals surface area contributed by atoms with Crippen molar-refractivity contribution in [3.8, 4) is 5.75 Å². The fourth-order valence-corrected chi connectivity index (χ4v) is 3.25. The van der Waals surface area contributed by atoms with Crippen molar-refractivity contribution in [2.45, 2.75) is 33.4 Å². The molecule has 0 spiro atoms. The number of aromatic nitrogens is 2. The van der Waals surface area contributed by atoms with Gasteiger partial charge in [-0.2, -0.15) is 5.10 Å². The highest BCUT2D eigenvalue weighted by atomic mass is 35.5. The molecule has 3 rings (SSSR count). The zero-order valence-corrected chi connectivity index (χ0v) is 17.2. The maximum Gasteiger partial charge on any atom is 0.358 e. The fourth-order valence-electron chi connectivity index (χ4n) is 3.06. The highest BCUT2D eigenvalue weighted by molar-refractivity contribution is 6.30. The number of hydrogen-bond donors (Lipinski definition) is 0. The number of rotatable bonds is 7. The average Bonchev–Trinajstić information content (AvgIpc) is 3.09. The van der Waals surface area contributed by atoms with Crippen LogP contribution in [0.4, 0.5) is 4.39 Å². The number of nitrogens with zero attached hydrogens (tertiary/aromatic N) is 2. The molecular weight excluding hydrogens is 395 g/mol. The van der Waals surface area contributed by atoms with Crippen LogP contribution in [0, 0.1) is 12.7 Å². The van der Waals surface area contributed by atoms with E-state index in [1.807, 2.05) is 13.8 Å². The third-order valence-corrected chi connectivity index (χ3v) is 4.77. The van der Waals surface area contributed by atoms with E-state index in [0.717, 1.165) is 11.3 Å². The van der Waals surface area contributed by atoms with E-state index >= 15 is 0 Å². The van der Waals surface area contributed by atoms with Gasteiger partial charge >= 0.3 is 5.97 Å². The summed E-state index contributed by atoms with van der Waals surface area (Å²) in [6, 6.07) is 13.1. The normalized spacial score (nSPS) is 11.9. The van der Waals surface area contributed by atoms with E-state index in [2.05, 4.69) is 5.10 Å². The molecule has 5 nitrogen and oxygen atoms in total. The summed E-state index contributed by atoms with van der Waals surface area (Å²) in [7, 11) is 0. The summed E-state index contributed by atoms with van der Waals surface area (Å²) < 4.78 is 26.6. The molecule has 0 fully saturated rings. The Bertz CT molecular complexity index is 1020. The van der Waals surface area contributed by atoms with Crippen LogP contribution < -0.4 is 4.74 Å². The van der Waals surface area contributed by atoms with Gasteiger partial charge in [0.25, 0.3) is 0 Å². The van der Waals surface area contributed by atoms with E-state index in [-0.39, 0.29) is 30.8 Å². The highest BCUT2D eigenvalue weighted by Crippen LogP contribution is 2.32. The summed E-state index contributed by atoms with van der Waals surface area (Å²) in [5, 5.41) is 4.93. The van der Waals surface area contributed by atoms with Gasteiger partial charge in [0.15, 0.2) is 5.69 Å². The van der Waals surface area contributed by atoms with Crippen molar-refractivity contribution in [2.24, 2.45) is 0 Å². The van der Waals surface area contributed by atoms with Crippen LogP contribution in [0.2, 0.25) is 5.02 Å². The fraction of sp³-hybridized carbons (Fsp3) is 0.273. The molecule has 0 bridgehead atoms. The van der Waals surface area contributed by atoms with Gasteiger partial charge < -0.3 is 9.47 Å². The molecule has 0 saturated heterocycles. The zero-order valence-electron chi connectivity index (χ0n) is 16.5. The largest absolute Gasteiger partial charge is 0.488 e. The minimum Gasteiger partial charge on any atom is -0.488 e. The first-order valence-electron chi connectivity index (χ1n) is 9.29. The Morgan fingerprint density at radius 1 is 1.24 bits per heavy atom. The number of hydrogen-bond acceptors (Lipinski definition) is 4. The van der Waals surface area contributed by atoms with Gasteiger partial charge in [-0.3, -0.25) is 4.68 Å². The first kappa shape index (κ1) is 20.9. The molecule has 0 saturated carbocycles. The van der Waals surface area contributed by atoms with Crippen LogP contribution in [-0.4, -0.2) is 22.4 Å². The Labute approximate surface area is 174 Å². The maximum absolute atomic E-state index is 13.9. The monoisotopic (exact) mass is 416 g/mol. The molecular formula is C22H22ClFN2O3. The van der Waals surface area contributed by atoms with Crippen LogP contribution in [-0.2, 0) is 11.3 Å². The molecule has 1 unspecified atom stereocenters. The van der Waals surface area contributed by atoms with Gasteiger partial charge in [-0.1, -0.05) is 29.8 Å². The minimum absolute atomic E-state index is 0.0835. The van der Waals surface area contributed by atoms with Crippen LogP contribution in [0.25, 0.3) is 0 Å². The third kappa shape index (κ3) is 4.77. The second-order valence-corrected chi connectivity index (χ2v) is 7.01. The molecule has 7 heteroatoms. The standard InChI is InChI=1S/C22H22ClFN2O3/c1-4-28-22(27)20-11-14(2)26(25-20)15(3)18-12-17(23)9-10-21(18)29-13-16-7-5-6-8-19(16)24/h5-12,15H,4,13H2,1-3H3. The van der Waals surface area contributed by atoms with Crippen LogP contribution in [0.1, 0.15) is 47.2 Å². The van der Waals surface area contributed by atoms with Crippen molar-refractivity contribution in [1.29, 1.82) is 0 Å². The van der Waals surface area contributed by atoms with Crippen LogP contribution in [0.3, 0.4) is 0 Å². The number of carbonyl (C=O) groups excluding carboxylic acids is 1. The first-order valence-corrected chi connectivity index (χ1v) is 9.67. The molecule has 1 heterocycles. The van der Waals surface area contributed by atoms with Crippen LogP contribution in [0.15, 0.2) is 48.5 Å². The van der Waals surface area contributed by atoms with E-state index in [0.29, 0.717) is 16.3 Å². The Balaban J connectivity index is 1.89. The van der Waals surface area contributed by atoms with Gasteiger partial charge in [0.05, 0.1) is 12.6 Å². The second-order valence-electron chi connectivity index (χ2n) is 6.57. The molecule has 1 atom stereocenters. The third-order valence-electron chi connectivity index (χ3n) is 4.54. The lowest BCUT2D eigenvalue weighted by atomic mass is 10.1. The minimum atomic E-state index is -0.469. The van der Waals surface area contributed by atoms with Gasteiger partial charge in [-0.05, 0) is 51.1 Å². The summed E-state index contributed by atoms with van der Waals surface area (Å²) in [6.45, 7) is 5.89. The number of ether oxygens (including phenoxy) is 2. The van der Waals surface area contributed by atoms with Crippen molar-refractivity contribution in [3.05, 3.63) is 81.9 Å². The molecule has 3 aromatic rings. The molecule has 29 heavy (non-hydrogen) atoms. The number of benzene rings is 2. The Morgan fingerprint density at radius 2 is 2.00 bits per heavy atom. The van der Waals surface area contributed by atoms with Gasteiger partial charge in [-0.15, -0.1) is 0 Å². The SMILES string of the molecule is CCOC(=O)c1cc(C)n(C(C)c2cc(Cl)ccc2OCc2ccccc2F)n1. The Hall–Kier alpha value is -2.86. The van der Waals surface area contributed by atoms with E-state index in [1.54, 1.807) is 54.1 Å². The van der Waals surface area contributed by atoms with Crippen molar-refractivity contribution < 1.29 is 18.7 Å². The smallest absolute Gasteiger partial charge is 0.358 e. The lowest BCUT2D eigenvalue weighted by Crippen LogP contribution is -2.13. The Kier molecular flexibility index (Phi) is 6.54. The van der Waals surface area contributed by atoms with Crippen molar-refractivity contribution in [2.75, 3.05) is 6.61 Å². The van der Waals surface area contributed by atoms with E-state index in [4.69, 9.17) is 21.1 Å². The second kappa shape index (κ2) is 9.09. The maximum atomic E-state index is 13.9. The van der Waals surface area contributed by atoms with Gasteiger partial charge in [0, 0.05) is 21.8 Å². The summed E-state index contributed by atoms with van der Waals surface area (Å²) in [5.74, 6) is -0.223. The van der Waals surface area contributed by atoms with Crippen molar-refractivity contribution in [3.63, 3.8) is 0 Å². The van der Waals surface area contributed by atoms with E-state index < -0.39 is 5.97 Å². The molecule has 0 aliphatic carbocycles. The molecule has 0 radical (unpaired) electrons. The van der Waals surface area contributed by atoms with Gasteiger partial charge in [-0.25, -0.2) is 9.18 Å². The van der Waals surface area contributed by atoms with E-state index in [9.17, 15) is 9.18 Å². The molecule has 152 valence electrons. The predicted octanol–water partition coefficient (Wildman–Crippen LogP) is 5.35. The Morgan fingerprint density at radius 3 is 2.72 bits per heavy atom. The summed E-state index contributed by atoms with van der Waals surface area (Å²) in [6.07, 6.45) is 0. The number of halogens is 2.